The molecule has 2 atom stereocenters. The van der Waals surface area contributed by atoms with Gasteiger partial charge in [-0.05, 0) is 24.3 Å². The molecular formula is C21H24F5N7. The minimum Gasteiger partial charge on any atom is -0.371 e. The van der Waals surface area contributed by atoms with Crippen molar-refractivity contribution in [1.82, 2.24) is 24.7 Å². The van der Waals surface area contributed by atoms with Crippen LogP contribution in [0.3, 0.4) is 0 Å². The Labute approximate surface area is 187 Å². The van der Waals surface area contributed by atoms with Crippen LogP contribution < -0.4 is 9.80 Å². The molecule has 5 rings (SSSR count). The van der Waals surface area contributed by atoms with Crippen molar-refractivity contribution in [1.29, 1.82) is 0 Å². The molecule has 0 bridgehead atoms. The third-order valence-corrected chi connectivity index (χ3v) is 6.21. The highest BCUT2D eigenvalue weighted by Gasteiger charge is 2.41. The molecule has 2 fully saturated rings. The summed E-state index contributed by atoms with van der Waals surface area (Å²) >= 11 is 0. The normalized spacial score (nSPS) is 20.9. The number of alkyl halides is 5. The van der Waals surface area contributed by atoms with Crippen LogP contribution >= 0.6 is 0 Å². The van der Waals surface area contributed by atoms with Crippen LogP contribution in [0.5, 0.6) is 0 Å². The number of hydrogen-bond acceptors (Lipinski definition) is 6. The van der Waals surface area contributed by atoms with E-state index in [0.717, 1.165) is 17.3 Å². The number of fused-ring (bicyclic) bond motifs is 2. The molecule has 3 aromatic heterocycles. The largest absolute Gasteiger partial charge is 0.419 e. The van der Waals surface area contributed by atoms with Crippen molar-refractivity contribution < 1.29 is 22.0 Å². The number of halogens is 5. The highest BCUT2D eigenvalue weighted by Crippen LogP contribution is 2.40. The molecule has 0 amide bonds. The first-order valence-electron chi connectivity index (χ1n) is 10.3. The van der Waals surface area contributed by atoms with E-state index in [4.69, 9.17) is 0 Å². The molecule has 0 N–H and O–H groups in total. The fourth-order valence-corrected chi connectivity index (χ4v) is 4.71. The van der Waals surface area contributed by atoms with Crippen molar-refractivity contribution in [2.24, 2.45) is 11.8 Å². The Morgan fingerprint density at radius 2 is 1.79 bits per heavy atom. The van der Waals surface area contributed by atoms with Gasteiger partial charge in [-0.3, -0.25) is 4.98 Å². The average molecular weight is 469 g/mol. The van der Waals surface area contributed by atoms with Gasteiger partial charge in [0.2, 0.25) is 0 Å². The van der Waals surface area contributed by atoms with Gasteiger partial charge in [-0.1, -0.05) is 7.43 Å². The summed E-state index contributed by atoms with van der Waals surface area (Å²) in [5, 5.41) is 3.94. The summed E-state index contributed by atoms with van der Waals surface area (Å²) in [6.07, 6.45) is -1.02. The number of hydrogen-bond donors (Lipinski definition) is 0. The van der Waals surface area contributed by atoms with Gasteiger partial charge in [0.15, 0.2) is 5.65 Å². The average Bonchev–Trinajstić information content (AvgIpc) is 3.36. The molecule has 5 heterocycles. The second kappa shape index (κ2) is 8.71. The molecule has 0 spiro atoms. The highest BCUT2D eigenvalue weighted by molar-refractivity contribution is 5.71. The van der Waals surface area contributed by atoms with Gasteiger partial charge in [0, 0.05) is 38.6 Å². The second-order valence-corrected chi connectivity index (χ2v) is 8.21. The number of aromatic nitrogens is 5. The molecule has 33 heavy (non-hydrogen) atoms. The van der Waals surface area contributed by atoms with E-state index in [-0.39, 0.29) is 19.0 Å². The monoisotopic (exact) mass is 469 g/mol. The van der Waals surface area contributed by atoms with Crippen molar-refractivity contribution >= 4 is 22.7 Å². The van der Waals surface area contributed by atoms with E-state index in [1.54, 1.807) is 11.1 Å². The Kier molecular flexibility index (Phi) is 6.10. The van der Waals surface area contributed by atoms with E-state index in [0.29, 0.717) is 49.1 Å². The molecule has 0 aliphatic carbocycles. The van der Waals surface area contributed by atoms with Crippen molar-refractivity contribution in [3.05, 3.63) is 36.4 Å². The van der Waals surface area contributed by atoms with Crippen LogP contribution in [-0.2, 0) is 12.7 Å². The van der Waals surface area contributed by atoms with E-state index < -0.39 is 24.7 Å². The third-order valence-electron chi connectivity index (χ3n) is 6.21. The van der Waals surface area contributed by atoms with Crippen molar-refractivity contribution in [3.63, 3.8) is 0 Å². The maximum atomic E-state index is 13.4. The topological polar surface area (TPSA) is 63.0 Å². The number of anilines is 2. The van der Waals surface area contributed by atoms with Crippen LogP contribution in [0.2, 0.25) is 0 Å². The van der Waals surface area contributed by atoms with E-state index in [1.807, 2.05) is 4.90 Å². The van der Waals surface area contributed by atoms with Gasteiger partial charge >= 0.3 is 6.18 Å². The molecule has 2 unspecified atom stereocenters. The third kappa shape index (κ3) is 4.42. The molecule has 3 aromatic rings. The molecular weight excluding hydrogens is 445 g/mol. The van der Waals surface area contributed by atoms with Crippen molar-refractivity contribution in [3.8, 4) is 0 Å². The molecule has 12 heteroatoms. The van der Waals surface area contributed by atoms with E-state index in [9.17, 15) is 22.0 Å². The molecule has 2 saturated heterocycles. The maximum absolute atomic E-state index is 13.4. The standard InChI is InChI=1S/C20H20F5N7.CH4/c21-17(22)11-32-19-15(6-28-32)27-7-18(29-19)31-8-12-2-4-30(9-13(12)10-31)16-1-3-26-5-14(16)20(23,24)25;/h1,3,5-7,12-13,17H,2,4,8-11H2;1H4. The smallest absolute Gasteiger partial charge is 0.371 e. The first-order valence-corrected chi connectivity index (χ1v) is 10.3. The van der Waals surface area contributed by atoms with Crippen LogP contribution in [-0.4, -0.2) is 57.3 Å². The summed E-state index contributed by atoms with van der Waals surface area (Å²) in [6.45, 7) is 1.76. The maximum Gasteiger partial charge on any atom is 0.419 e. The summed E-state index contributed by atoms with van der Waals surface area (Å²) in [6, 6.07) is 1.42. The Hall–Kier alpha value is -3.05. The molecule has 2 aliphatic heterocycles. The summed E-state index contributed by atoms with van der Waals surface area (Å²) in [7, 11) is 0. The van der Waals surface area contributed by atoms with Crippen LogP contribution in [0.25, 0.3) is 11.2 Å². The Balaban J connectivity index is 0.00000259. The zero-order valence-electron chi connectivity index (χ0n) is 16.9. The lowest BCUT2D eigenvalue weighted by molar-refractivity contribution is -0.137. The predicted octanol–water partition coefficient (Wildman–Crippen LogP) is 4.10. The number of piperidine rings is 1. The van der Waals surface area contributed by atoms with Gasteiger partial charge in [0.25, 0.3) is 6.43 Å². The van der Waals surface area contributed by atoms with Gasteiger partial charge in [0.1, 0.15) is 17.9 Å². The van der Waals surface area contributed by atoms with Crippen molar-refractivity contribution in [2.45, 2.75) is 33.0 Å². The minimum absolute atomic E-state index is 0. The number of pyridine rings is 1. The van der Waals surface area contributed by atoms with Crippen molar-refractivity contribution in [2.75, 3.05) is 36.0 Å². The first-order chi connectivity index (χ1) is 15.3. The van der Waals surface area contributed by atoms with Gasteiger partial charge in [-0.2, -0.15) is 18.3 Å². The Morgan fingerprint density at radius 3 is 2.55 bits per heavy atom. The fourth-order valence-electron chi connectivity index (χ4n) is 4.71. The van der Waals surface area contributed by atoms with Gasteiger partial charge < -0.3 is 9.80 Å². The minimum atomic E-state index is -4.46. The molecule has 2 aliphatic rings. The Bertz CT molecular complexity index is 1120. The quantitative estimate of drug-likeness (QED) is 0.536. The molecule has 0 radical (unpaired) electrons. The SMILES string of the molecule is C.FC(F)Cn1ncc2ncc(N3CC4CCN(c5ccncc5C(F)(F)F)CC4C3)nc21. The second-order valence-electron chi connectivity index (χ2n) is 8.21. The van der Waals surface area contributed by atoms with Crippen LogP contribution in [0, 0.1) is 11.8 Å². The summed E-state index contributed by atoms with van der Waals surface area (Å²) in [5.41, 5.74) is 0.166. The lowest BCUT2D eigenvalue weighted by Gasteiger charge is -2.36. The Morgan fingerprint density at radius 1 is 1.03 bits per heavy atom. The zero-order valence-corrected chi connectivity index (χ0v) is 16.9. The van der Waals surface area contributed by atoms with E-state index >= 15 is 0 Å². The summed E-state index contributed by atoms with van der Waals surface area (Å²) in [4.78, 5) is 16.3. The molecule has 178 valence electrons. The van der Waals surface area contributed by atoms with Crippen LogP contribution in [0.15, 0.2) is 30.9 Å². The fraction of sp³-hybridized carbons (Fsp3) is 0.524. The summed E-state index contributed by atoms with van der Waals surface area (Å²) in [5.74, 6) is 1.03. The molecule has 7 nitrogen and oxygen atoms in total. The van der Waals surface area contributed by atoms with E-state index in [2.05, 4.69) is 20.1 Å². The summed E-state index contributed by atoms with van der Waals surface area (Å²) < 4.78 is 67.0. The van der Waals surface area contributed by atoms with Gasteiger partial charge in [0.05, 0.1) is 23.6 Å². The molecule has 0 saturated carbocycles. The van der Waals surface area contributed by atoms with Crippen LogP contribution in [0.4, 0.5) is 33.5 Å². The van der Waals surface area contributed by atoms with Gasteiger partial charge in [-0.25, -0.2) is 23.4 Å². The van der Waals surface area contributed by atoms with E-state index in [1.165, 1.54) is 18.5 Å². The van der Waals surface area contributed by atoms with Gasteiger partial charge in [-0.15, -0.1) is 0 Å². The lowest BCUT2D eigenvalue weighted by Crippen LogP contribution is -2.40. The molecule has 0 aromatic carbocycles. The number of nitrogens with zero attached hydrogens (tertiary/aromatic N) is 7. The predicted molar refractivity (Wildman–Crippen MR) is 113 cm³/mol. The lowest BCUT2D eigenvalue weighted by atomic mass is 9.88. The highest BCUT2D eigenvalue weighted by atomic mass is 19.4. The van der Waals surface area contributed by atoms with Crippen LogP contribution in [0.1, 0.15) is 19.4 Å². The number of rotatable bonds is 4. The first kappa shape index (κ1) is 23.1. The zero-order chi connectivity index (χ0) is 22.5.